The summed E-state index contributed by atoms with van der Waals surface area (Å²) in [5.74, 6) is 0. The maximum atomic E-state index is 5.95. The molecular weight excluding hydrogens is 220 g/mol. The highest BCUT2D eigenvalue weighted by Gasteiger charge is 2.04. The summed E-state index contributed by atoms with van der Waals surface area (Å²) in [6, 6.07) is 5.65. The van der Waals surface area contributed by atoms with Crippen LogP contribution in [0.3, 0.4) is 0 Å². The highest BCUT2D eigenvalue weighted by atomic mass is 35.5. The maximum absolute atomic E-state index is 5.95. The van der Waals surface area contributed by atoms with E-state index >= 15 is 0 Å². The Labute approximate surface area is 103 Å². The number of unbranched alkanes of at least 4 members (excludes halogenated alkanes) is 2. The van der Waals surface area contributed by atoms with Crippen LogP contribution in [-0.2, 0) is 6.54 Å². The number of anilines is 1. The fraction of sp³-hybridized carbons (Fsp3) is 0.538. The largest absolute Gasteiger partial charge is 0.398 e. The van der Waals surface area contributed by atoms with Gasteiger partial charge in [0.05, 0.1) is 0 Å². The summed E-state index contributed by atoms with van der Waals surface area (Å²) in [5.41, 5.74) is 7.85. The number of hydrogen-bond donors (Lipinski definition) is 1. The van der Waals surface area contributed by atoms with Gasteiger partial charge in [-0.1, -0.05) is 31.4 Å². The fourth-order valence-electron chi connectivity index (χ4n) is 1.71. The van der Waals surface area contributed by atoms with E-state index in [1.54, 1.807) is 0 Å². The van der Waals surface area contributed by atoms with Gasteiger partial charge in [-0.15, -0.1) is 0 Å². The van der Waals surface area contributed by atoms with Gasteiger partial charge in [0.15, 0.2) is 0 Å². The third-order valence-electron chi connectivity index (χ3n) is 2.69. The van der Waals surface area contributed by atoms with Crippen molar-refractivity contribution in [2.24, 2.45) is 0 Å². The first-order valence-corrected chi connectivity index (χ1v) is 6.23. The number of hydrogen-bond acceptors (Lipinski definition) is 2. The summed E-state index contributed by atoms with van der Waals surface area (Å²) in [6.45, 7) is 4.20. The highest BCUT2D eigenvalue weighted by Crippen LogP contribution is 2.19. The first-order chi connectivity index (χ1) is 7.63. The molecule has 1 rings (SSSR count). The fourth-order valence-corrected chi connectivity index (χ4v) is 1.91. The third kappa shape index (κ3) is 4.42. The lowest BCUT2D eigenvalue weighted by atomic mass is 10.1. The number of rotatable bonds is 6. The monoisotopic (exact) mass is 240 g/mol. The quantitative estimate of drug-likeness (QED) is 0.609. The number of benzene rings is 1. The Morgan fingerprint density at radius 3 is 2.75 bits per heavy atom. The lowest BCUT2D eigenvalue weighted by Gasteiger charge is -2.17. The van der Waals surface area contributed by atoms with Gasteiger partial charge < -0.3 is 10.6 Å². The van der Waals surface area contributed by atoms with Crippen LogP contribution >= 0.6 is 11.6 Å². The molecule has 0 unspecified atom stereocenters. The van der Waals surface area contributed by atoms with E-state index in [1.807, 2.05) is 18.2 Å². The van der Waals surface area contributed by atoms with Gasteiger partial charge in [-0.25, -0.2) is 0 Å². The molecule has 0 heterocycles. The molecular formula is C13H21ClN2. The minimum atomic E-state index is 0.756. The number of halogens is 1. The van der Waals surface area contributed by atoms with E-state index in [-0.39, 0.29) is 0 Å². The van der Waals surface area contributed by atoms with Gasteiger partial charge in [0.2, 0.25) is 0 Å². The standard InChI is InChI=1S/C13H21ClN2/c1-3-4-5-8-16(2)10-11-9-12(14)6-7-13(11)15/h6-7,9H,3-5,8,10,15H2,1-2H3. The van der Waals surface area contributed by atoms with Crippen LogP contribution in [0.5, 0.6) is 0 Å². The van der Waals surface area contributed by atoms with Crippen LogP contribution in [0.4, 0.5) is 5.69 Å². The minimum absolute atomic E-state index is 0.756. The van der Waals surface area contributed by atoms with E-state index in [9.17, 15) is 0 Å². The molecule has 2 N–H and O–H groups in total. The maximum Gasteiger partial charge on any atom is 0.0410 e. The van der Waals surface area contributed by atoms with Crippen LogP contribution < -0.4 is 5.73 Å². The molecule has 1 aromatic carbocycles. The first-order valence-electron chi connectivity index (χ1n) is 5.86. The van der Waals surface area contributed by atoms with Crippen LogP contribution in [0.15, 0.2) is 18.2 Å². The summed E-state index contributed by atoms with van der Waals surface area (Å²) in [4.78, 5) is 2.29. The molecule has 0 aliphatic rings. The third-order valence-corrected chi connectivity index (χ3v) is 2.92. The lowest BCUT2D eigenvalue weighted by Crippen LogP contribution is -2.19. The Bertz CT molecular complexity index is 326. The van der Waals surface area contributed by atoms with Crippen molar-refractivity contribution in [3.8, 4) is 0 Å². The zero-order chi connectivity index (χ0) is 12.0. The molecule has 0 aliphatic heterocycles. The van der Waals surface area contributed by atoms with Crippen molar-refractivity contribution in [3.63, 3.8) is 0 Å². The molecule has 0 aromatic heterocycles. The summed E-state index contributed by atoms with van der Waals surface area (Å²) in [5, 5.41) is 0.756. The Hall–Kier alpha value is -0.730. The Morgan fingerprint density at radius 2 is 2.06 bits per heavy atom. The van der Waals surface area contributed by atoms with E-state index in [1.165, 1.54) is 19.3 Å². The zero-order valence-electron chi connectivity index (χ0n) is 10.2. The summed E-state index contributed by atoms with van der Waals surface area (Å²) in [6.07, 6.45) is 3.79. The summed E-state index contributed by atoms with van der Waals surface area (Å²) < 4.78 is 0. The number of nitrogens with zero attached hydrogens (tertiary/aromatic N) is 1. The molecule has 0 radical (unpaired) electrons. The van der Waals surface area contributed by atoms with Crippen molar-refractivity contribution in [2.45, 2.75) is 32.7 Å². The topological polar surface area (TPSA) is 29.3 Å². The normalized spacial score (nSPS) is 11.0. The molecule has 0 bridgehead atoms. The SMILES string of the molecule is CCCCCN(C)Cc1cc(Cl)ccc1N. The van der Waals surface area contributed by atoms with E-state index in [0.717, 1.165) is 29.4 Å². The predicted octanol–water partition coefficient (Wildman–Crippen LogP) is 3.54. The van der Waals surface area contributed by atoms with Crippen LogP contribution in [0.1, 0.15) is 31.7 Å². The second kappa shape index (κ2) is 6.77. The van der Waals surface area contributed by atoms with Crippen LogP contribution in [0.2, 0.25) is 5.02 Å². The molecule has 16 heavy (non-hydrogen) atoms. The van der Waals surface area contributed by atoms with Crippen LogP contribution in [-0.4, -0.2) is 18.5 Å². The van der Waals surface area contributed by atoms with Crippen molar-refractivity contribution < 1.29 is 0 Å². The van der Waals surface area contributed by atoms with Gasteiger partial charge >= 0.3 is 0 Å². The van der Waals surface area contributed by atoms with Crippen molar-refractivity contribution in [2.75, 3.05) is 19.3 Å². The number of nitrogens with two attached hydrogens (primary N) is 1. The van der Waals surface area contributed by atoms with E-state index in [4.69, 9.17) is 17.3 Å². The molecule has 0 saturated carbocycles. The molecule has 0 amide bonds. The van der Waals surface area contributed by atoms with Crippen LogP contribution in [0.25, 0.3) is 0 Å². The molecule has 0 atom stereocenters. The van der Waals surface area contributed by atoms with E-state index < -0.39 is 0 Å². The Morgan fingerprint density at radius 1 is 1.31 bits per heavy atom. The first kappa shape index (κ1) is 13.3. The molecule has 0 spiro atoms. The highest BCUT2D eigenvalue weighted by molar-refractivity contribution is 6.30. The molecule has 0 aliphatic carbocycles. The zero-order valence-corrected chi connectivity index (χ0v) is 10.9. The smallest absolute Gasteiger partial charge is 0.0410 e. The van der Waals surface area contributed by atoms with Crippen LogP contribution in [0, 0.1) is 0 Å². The average molecular weight is 241 g/mol. The predicted molar refractivity (Wildman–Crippen MR) is 71.7 cm³/mol. The van der Waals surface area contributed by atoms with Gasteiger partial charge in [-0.3, -0.25) is 0 Å². The van der Waals surface area contributed by atoms with Gasteiger partial charge in [-0.2, -0.15) is 0 Å². The van der Waals surface area contributed by atoms with Gasteiger partial charge in [0.25, 0.3) is 0 Å². The summed E-state index contributed by atoms with van der Waals surface area (Å²) in [7, 11) is 2.12. The minimum Gasteiger partial charge on any atom is -0.398 e. The summed E-state index contributed by atoms with van der Waals surface area (Å²) >= 11 is 5.95. The van der Waals surface area contributed by atoms with E-state index in [0.29, 0.717) is 0 Å². The second-order valence-electron chi connectivity index (χ2n) is 4.29. The second-order valence-corrected chi connectivity index (χ2v) is 4.72. The van der Waals surface area contributed by atoms with Gasteiger partial charge in [0.1, 0.15) is 0 Å². The Balaban J connectivity index is 2.48. The Kier molecular flexibility index (Phi) is 5.64. The average Bonchev–Trinajstić information content (AvgIpc) is 2.24. The molecule has 90 valence electrons. The van der Waals surface area contributed by atoms with E-state index in [2.05, 4.69) is 18.9 Å². The van der Waals surface area contributed by atoms with Crippen molar-refractivity contribution in [1.82, 2.24) is 4.90 Å². The molecule has 0 fully saturated rings. The van der Waals surface area contributed by atoms with Crippen molar-refractivity contribution in [1.29, 1.82) is 0 Å². The van der Waals surface area contributed by atoms with Gasteiger partial charge in [0, 0.05) is 17.3 Å². The lowest BCUT2D eigenvalue weighted by molar-refractivity contribution is 0.318. The van der Waals surface area contributed by atoms with Crippen molar-refractivity contribution in [3.05, 3.63) is 28.8 Å². The molecule has 3 heteroatoms. The molecule has 1 aromatic rings. The number of nitrogen functional groups attached to an aromatic ring is 1. The van der Waals surface area contributed by atoms with Crippen molar-refractivity contribution >= 4 is 17.3 Å². The molecule has 2 nitrogen and oxygen atoms in total. The molecule has 0 saturated heterocycles. The van der Waals surface area contributed by atoms with Gasteiger partial charge in [-0.05, 0) is 43.8 Å².